The van der Waals surface area contributed by atoms with Crippen molar-refractivity contribution in [2.45, 2.75) is 44.2 Å². The third-order valence-corrected chi connectivity index (χ3v) is 4.56. The van der Waals surface area contributed by atoms with Gasteiger partial charge in [-0.15, -0.1) is 0 Å². The van der Waals surface area contributed by atoms with Crippen molar-refractivity contribution in [2.75, 3.05) is 13.2 Å². The molecule has 2 aliphatic rings. The Bertz CT molecular complexity index is 469. The second kappa shape index (κ2) is 5.31. The summed E-state index contributed by atoms with van der Waals surface area (Å²) in [4.78, 5) is 0. The second-order valence-electron chi connectivity index (χ2n) is 5.65. The van der Waals surface area contributed by atoms with E-state index in [1.165, 1.54) is 18.4 Å². The maximum absolute atomic E-state index is 9.62. The Morgan fingerprint density at radius 2 is 2.11 bits per heavy atom. The van der Waals surface area contributed by atoms with Gasteiger partial charge >= 0.3 is 0 Å². The molecule has 19 heavy (non-hydrogen) atoms. The van der Waals surface area contributed by atoms with Crippen molar-refractivity contribution in [1.82, 2.24) is 5.32 Å². The summed E-state index contributed by atoms with van der Waals surface area (Å²) in [5.41, 5.74) is 2.21. The van der Waals surface area contributed by atoms with E-state index < -0.39 is 0 Å². The van der Waals surface area contributed by atoms with Gasteiger partial charge in [-0.05, 0) is 30.5 Å². The number of hydrogen-bond acceptors (Lipinski definition) is 3. The van der Waals surface area contributed by atoms with Crippen molar-refractivity contribution in [3.05, 3.63) is 28.3 Å². The third kappa shape index (κ3) is 2.60. The molecule has 1 aromatic rings. The van der Waals surface area contributed by atoms with Gasteiger partial charge in [0.15, 0.2) is 0 Å². The van der Waals surface area contributed by atoms with E-state index >= 15 is 0 Å². The molecule has 0 unspecified atom stereocenters. The van der Waals surface area contributed by atoms with E-state index in [-0.39, 0.29) is 12.1 Å². The monoisotopic (exact) mass is 281 g/mol. The summed E-state index contributed by atoms with van der Waals surface area (Å²) in [5.74, 6) is 0.989. The van der Waals surface area contributed by atoms with Crippen molar-refractivity contribution in [1.29, 1.82) is 0 Å². The molecule has 0 radical (unpaired) electrons. The summed E-state index contributed by atoms with van der Waals surface area (Å²) in [7, 11) is 0. The largest absolute Gasteiger partial charge is 0.493 e. The zero-order valence-electron chi connectivity index (χ0n) is 11.0. The molecule has 0 atom stereocenters. The molecule has 0 spiro atoms. The summed E-state index contributed by atoms with van der Waals surface area (Å²) >= 11 is 6.16. The highest BCUT2D eigenvalue weighted by Crippen LogP contribution is 2.34. The lowest BCUT2D eigenvalue weighted by atomic mass is 9.98. The summed E-state index contributed by atoms with van der Waals surface area (Å²) in [6, 6.07) is 3.96. The average molecular weight is 282 g/mol. The van der Waals surface area contributed by atoms with Gasteiger partial charge in [0, 0.05) is 29.1 Å². The van der Waals surface area contributed by atoms with Gasteiger partial charge in [-0.25, -0.2) is 0 Å². The predicted octanol–water partition coefficient (Wildman–Crippen LogP) is 2.67. The molecular formula is C15H20ClNO2. The lowest BCUT2D eigenvalue weighted by Gasteiger charge is -2.28. The molecule has 3 nitrogen and oxygen atoms in total. The summed E-state index contributed by atoms with van der Waals surface area (Å²) < 4.78 is 5.71. The van der Waals surface area contributed by atoms with E-state index in [2.05, 4.69) is 5.32 Å². The van der Waals surface area contributed by atoms with Crippen LogP contribution in [-0.2, 0) is 13.0 Å². The number of rotatable bonds is 4. The zero-order chi connectivity index (χ0) is 13.3. The van der Waals surface area contributed by atoms with Crippen LogP contribution in [0.5, 0.6) is 5.75 Å². The van der Waals surface area contributed by atoms with Gasteiger partial charge in [0.2, 0.25) is 0 Å². The molecule has 0 saturated heterocycles. The van der Waals surface area contributed by atoms with E-state index in [1.54, 1.807) is 0 Å². The molecule has 1 fully saturated rings. The highest BCUT2D eigenvalue weighted by atomic mass is 35.5. The van der Waals surface area contributed by atoms with Gasteiger partial charge in [-0.3, -0.25) is 0 Å². The Hall–Kier alpha value is -0.770. The molecule has 1 aromatic carbocycles. The average Bonchev–Trinajstić information content (AvgIpc) is 3.05. The van der Waals surface area contributed by atoms with Crippen LogP contribution in [0, 0.1) is 0 Å². The highest BCUT2D eigenvalue weighted by molar-refractivity contribution is 6.30. The number of halogens is 1. The maximum Gasteiger partial charge on any atom is 0.127 e. The predicted molar refractivity (Wildman–Crippen MR) is 75.8 cm³/mol. The second-order valence-corrected chi connectivity index (χ2v) is 6.09. The number of aliphatic hydroxyl groups excluding tert-OH is 1. The Morgan fingerprint density at radius 3 is 2.84 bits per heavy atom. The molecule has 0 bridgehead atoms. The van der Waals surface area contributed by atoms with E-state index in [0.717, 1.165) is 42.2 Å². The summed E-state index contributed by atoms with van der Waals surface area (Å²) in [5, 5.41) is 13.9. The van der Waals surface area contributed by atoms with Crippen LogP contribution in [0.4, 0.5) is 0 Å². The van der Waals surface area contributed by atoms with E-state index in [9.17, 15) is 5.11 Å². The first kappa shape index (κ1) is 13.2. The molecule has 2 N–H and O–H groups in total. The molecule has 1 heterocycles. The quantitative estimate of drug-likeness (QED) is 0.892. The molecule has 3 rings (SSSR count). The van der Waals surface area contributed by atoms with Gasteiger partial charge in [-0.1, -0.05) is 24.4 Å². The van der Waals surface area contributed by atoms with Gasteiger partial charge in [0.05, 0.1) is 13.2 Å². The fourth-order valence-electron chi connectivity index (χ4n) is 3.20. The number of aliphatic hydroxyl groups is 1. The molecule has 0 amide bonds. The molecule has 104 valence electrons. The Kier molecular flexibility index (Phi) is 3.70. The number of fused-ring (bicyclic) bond motifs is 1. The Labute approximate surface area is 118 Å². The lowest BCUT2D eigenvalue weighted by Crippen LogP contribution is -2.45. The number of ether oxygens (including phenoxy) is 1. The minimum atomic E-state index is -0.103. The number of nitrogens with one attached hydrogen (secondary N) is 1. The van der Waals surface area contributed by atoms with Crippen LogP contribution in [0.3, 0.4) is 0 Å². The molecule has 1 aliphatic heterocycles. The smallest absolute Gasteiger partial charge is 0.127 e. The van der Waals surface area contributed by atoms with Crippen molar-refractivity contribution < 1.29 is 9.84 Å². The SMILES string of the molecule is OCC1(NCc2cc(Cl)cc3c2OCC3)CCCC1. The van der Waals surface area contributed by atoms with E-state index in [4.69, 9.17) is 16.3 Å². The van der Waals surface area contributed by atoms with Crippen LogP contribution in [0.15, 0.2) is 12.1 Å². The number of benzene rings is 1. The standard InChI is InChI=1S/C15H20ClNO2/c16-13-7-11-3-6-19-14(11)12(8-13)9-17-15(10-18)4-1-2-5-15/h7-8,17-18H,1-6,9-10H2. The molecular weight excluding hydrogens is 262 g/mol. The van der Waals surface area contributed by atoms with E-state index in [1.807, 2.05) is 12.1 Å². The molecule has 1 saturated carbocycles. The van der Waals surface area contributed by atoms with Crippen LogP contribution in [0.2, 0.25) is 5.02 Å². The van der Waals surface area contributed by atoms with Crippen molar-refractivity contribution in [2.24, 2.45) is 0 Å². The molecule has 1 aliphatic carbocycles. The molecule has 4 heteroatoms. The maximum atomic E-state index is 9.62. The lowest BCUT2D eigenvalue weighted by molar-refractivity contribution is 0.162. The van der Waals surface area contributed by atoms with Gasteiger partial charge in [0.1, 0.15) is 5.75 Å². The fraction of sp³-hybridized carbons (Fsp3) is 0.600. The van der Waals surface area contributed by atoms with E-state index in [0.29, 0.717) is 6.54 Å². The topological polar surface area (TPSA) is 41.5 Å². The Morgan fingerprint density at radius 1 is 1.32 bits per heavy atom. The number of hydrogen-bond donors (Lipinski definition) is 2. The minimum Gasteiger partial charge on any atom is -0.493 e. The van der Waals surface area contributed by atoms with Gasteiger partial charge in [-0.2, -0.15) is 0 Å². The molecule has 0 aromatic heterocycles. The summed E-state index contributed by atoms with van der Waals surface area (Å²) in [6.45, 7) is 1.66. The first-order valence-electron chi connectivity index (χ1n) is 7.02. The summed E-state index contributed by atoms with van der Waals surface area (Å²) in [6.07, 6.45) is 5.42. The van der Waals surface area contributed by atoms with Crippen LogP contribution in [-0.4, -0.2) is 23.9 Å². The highest BCUT2D eigenvalue weighted by Gasteiger charge is 2.32. The van der Waals surface area contributed by atoms with Crippen molar-refractivity contribution in [3.63, 3.8) is 0 Å². The van der Waals surface area contributed by atoms with Crippen LogP contribution in [0.25, 0.3) is 0 Å². The third-order valence-electron chi connectivity index (χ3n) is 4.34. The first-order valence-corrected chi connectivity index (χ1v) is 7.40. The van der Waals surface area contributed by atoms with Gasteiger partial charge in [0.25, 0.3) is 0 Å². The fourth-order valence-corrected chi connectivity index (χ4v) is 3.47. The van der Waals surface area contributed by atoms with Crippen LogP contribution >= 0.6 is 11.6 Å². The van der Waals surface area contributed by atoms with Crippen LogP contribution in [0.1, 0.15) is 36.8 Å². The minimum absolute atomic E-state index is 0.103. The Balaban J connectivity index is 1.77. The van der Waals surface area contributed by atoms with Crippen LogP contribution < -0.4 is 10.1 Å². The van der Waals surface area contributed by atoms with Gasteiger partial charge < -0.3 is 15.2 Å². The van der Waals surface area contributed by atoms with Crippen molar-refractivity contribution in [3.8, 4) is 5.75 Å². The first-order chi connectivity index (χ1) is 9.22. The zero-order valence-corrected chi connectivity index (χ0v) is 11.8. The van der Waals surface area contributed by atoms with Crippen molar-refractivity contribution >= 4 is 11.6 Å². The normalized spacial score (nSPS) is 20.3.